The highest BCUT2D eigenvalue weighted by molar-refractivity contribution is 9.10. The molecule has 0 saturated carbocycles. The Balaban J connectivity index is 1.97. The second-order valence-electron chi connectivity index (χ2n) is 5.90. The number of carboxylic acids is 1. The quantitative estimate of drug-likeness (QED) is 0.836. The van der Waals surface area contributed by atoms with Crippen molar-refractivity contribution in [2.75, 3.05) is 20.2 Å². The summed E-state index contributed by atoms with van der Waals surface area (Å²) in [6.07, 6.45) is 0.612. The van der Waals surface area contributed by atoms with Gasteiger partial charge in [0.2, 0.25) is 0 Å². The Labute approximate surface area is 143 Å². The van der Waals surface area contributed by atoms with Crippen molar-refractivity contribution >= 4 is 27.9 Å². The van der Waals surface area contributed by atoms with Crippen molar-refractivity contribution in [1.29, 1.82) is 0 Å². The summed E-state index contributed by atoms with van der Waals surface area (Å²) in [5.41, 5.74) is 0.901. The minimum absolute atomic E-state index is 0.180. The topological polar surface area (TPSA) is 78.9 Å². The maximum atomic E-state index is 12.3. The van der Waals surface area contributed by atoms with Crippen LogP contribution < -0.4 is 10.1 Å². The summed E-state index contributed by atoms with van der Waals surface area (Å²) < 4.78 is 6.06. The Bertz CT molecular complexity index is 593. The van der Waals surface area contributed by atoms with Gasteiger partial charge in [-0.2, -0.15) is 0 Å². The Kier molecular flexibility index (Phi) is 5.87. The number of aliphatic carboxylic acids is 1. The fourth-order valence-electron chi connectivity index (χ4n) is 2.79. The van der Waals surface area contributed by atoms with E-state index in [9.17, 15) is 14.7 Å². The molecule has 1 aliphatic rings. The van der Waals surface area contributed by atoms with Crippen LogP contribution >= 0.6 is 15.9 Å². The number of urea groups is 1. The summed E-state index contributed by atoms with van der Waals surface area (Å²) in [6.45, 7) is 3.15. The van der Waals surface area contributed by atoms with E-state index in [0.717, 1.165) is 15.8 Å². The lowest BCUT2D eigenvalue weighted by Gasteiger charge is -2.34. The molecule has 6 nitrogen and oxygen atoms in total. The third-order valence-electron chi connectivity index (χ3n) is 3.98. The fourth-order valence-corrected chi connectivity index (χ4v) is 3.18. The molecule has 1 aliphatic heterocycles. The molecule has 0 radical (unpaired) electrons. The number of methoxy groups -OCH3 is 1. The van der Waals surface area contributed by atoms with Crippen LogP contribution in [0, 0.1) is 11.8 Å². The molecule has 0 bridgehead atoms. The Morgan fingerprint density at radius 3 is 2.83 bits per heavy atom. The average Bonchev–Trinajstić information content (AvgIpc) is 2.53. The molecule has 2 atom stereocenters. The molecule has 0 aromatic heterocycles. The standard InChI is InChI=1S/C16H21BrN2O4/c1-10-5-12(15(20)21)9-19(8-10)16(22)18-7-11-6-13(23-2)3-4-14(11)17/h3-4,6,10,12H,5,7-9H2,1-2H3,(H,18,22)(H,20,21). The highest BCUT2D eigenvalue weighted by Crippen LogP contribution is 2.24. The van der Waals surface area contributed by atoms with Gasteiger partial charge in [-0.25, -0.2) is 4.79 Å². The first kappa shape index (κ1) is 17.6. The number of benzene rings is 1. The number of carbonyl (C=O) groups is 2. The van der Waals surface area contributed by atoms with Gasteiger partial charge in [-0.1, -0.05) is 22.9 Å². The van der Waals surface area contributed by atoms with Crippen LogP contribution in [0.2, 0.25) is 0 Å². The summed E-state index contributed by atoms with van der Waals surface area (Å²) in [5, 5.41) is 12.0. The molecule has 1 heterocycles. The lowest BCUT2D eigenvalue weighted by molar-refractivity contribution is -0.143. The number of carboxylic acid groups (broad SMARTS) is 1. The molecule has 126 valence electrons. The first-order valence-corrected chi connectivity index (χ1v) is 8.28. The monoisotopic (exact) mass is 384 g/mol. The van der Waals surface area contributed by atoms with Crippen LogP contribution in [-0.2, 0) is 11.3 Å². The summed E-state index contributed by atoms with van der Waals surface area (Å²) >= 11 is 3.45. The minimum Gasteiger partial charge on any atom is -0.497 e. The third kappa shape index (κ3) is 4.60. The number of amides is 2. The molecule has 2 amide bonds. The van der Waals surface area contributed by atoms with E-state index in [2.05, 4.69) is 21.2 Å². The van der Waals surface area contributed by atoms with Gasteiger partial charge < -0.3 is 20.1 Å². The van der Waals surface area contributed by atoms with Crippen LogP contribution in [0.15, 0.2) is 22.7 Å². The van der Waals surface area contributed by atoms with E-state index in [1.807, 2.05) is 25.1 Å². The fraction of sp³-hybridized carbons (Fsp3) is 0.500. The molecular formula is C16H21BrN2O4. The molecule has 1 fully saturated rings. The van der Waals surface area contributed by atoms with Crippen molar-refractivity contribution < 1.29 is 19.4 Å². The Hall–Kier alpha value is -1.76. The van der Waals surface area contributed by atoms with Crippen LogP contribution in [0.4, 0.5) is 4.79 Å². The smallest absolute Gasteiger partial charge is 0.317 e. The molecule has 1 aromatic carbocycles. The Morgan fingerprint density at radius 1 is 1.43 bits per heavy atom. The number of hydrogen-bond acceptors (Lipinski definition) is 3. The van der Waals surface area contributed by atoms with E-state index in [1.54, 1.807) is 12.0 Å². The minimum atomic E-state index is -0.843. The summed E-state index contributed by atoms with van der Waals surface area (Å²) in [7, 11) is 1.59. The SMILES string of the molecule is COc1ccc(Br)c(CNC(=O)N2CC(C)CC(C(=O)O)C2)c1. The molecule has 1 saturated heterocycles. The van der Waals surface area contributed by atoms with Crippen molar-refractivity contribution in [3.8, 4) is 5.75 Å². The van der Waals surface area contributed by atoms with Crippen LogP contribution in [0.3, 0.4) is 0 Å². The van der Waals surface area contributed by atoms with E-state index in [4.69, 9.17) is 4.74 Å². The molecule has 23 heavy (non-hydrogen) atoms. The van der Waals surface area contributed by atoms with Gasteiger partial charge in [0, 0.05) is 24.1 Å². The lowest BCUT2D eigenvalue weighted by Crippen LogP contribution is -2.49. The van der Waals surface area contributed by atoms with Gasteiger partial charge in [-0.05, 0) is 36.1 Å². The van der Waals surface area contributed by atoms with Crippen molar-refractivity contribution in [3.05, 3.63) is 28.2 Å². The van der Waals surface area contributed by atoms with Crippen molar-refractivity contribution in [2.45, 2.75) is 19.9 Å². The van der Waals surface area contributed by atoms with Gasteiger partial charge in [0.15, 0.2) is 0 Å². The zero-order valence-corrected chi connectivity index (χ0v) is 14.8. The number of rotatable bonds is 4. The second-order valence-corrected chi connectivity index (χ2v) is 6.75. The van der Waals surface area contributed by atoms with Gasteiger partial charge in [0.1, 0.15) is 5.75 Å². The normalized spacial score (nSPS) is 20.9. The number of carbonyl (C=O) groups excluding carboxylic acids is 1. The maximum Gasteiger partial charge on any atom is 0.317 e. The molecule has 1 aromatic rings. The predicted octanol–water partition coefficient (Wildman–Crippen LogP) is 2.71. The van der Waals surface area contributed by atoms with E-state index >= 15 is 0 Å². The average molecular weight is 385 g/mol. The van der Waals surface area contributed by atoms with Gasteiger partial charge in [-0.15, -0.1) is 0 Å². The van der Waals surface area contributed by atoms with Crippen molar-refractivity contribution in [1.82, 2.24) is 10.2 Å². The number of piperidine rings is 1. The summed E-state index contributed by atoms with van der Waals surface area (Å²) in [4.78, 5) is 25.1. The zero-order valence-electron chi connectivity index (χ0n) is 13.2. The molecule has 7 heteroatoms. The van der Waals surface area contributed by atoms with E-state index in [0.29, 0.717) is 19.5 Å². The molecule has 0 aliphatic carbocycles. The van der Waals surface area contributed by atoms with Gasteiger partial charge in [0.05, 0.1) is 13.0 Å². The van der Waals surface area contributed by atoms with Gasteiger partial charge in [0.25, 0.3) is 0 Å². The summed E-state index contributed by atoms with van der Waals surface area (Å²) in [6, 6.07) is 5.31. The molecule has 0 spiro atoms. The number of halogens is 1. The number of likely N-dealkylation sites (tertiary alicyclic amines) is 1. The zero-order chi connectivity index (χ0) is 17.0. The van der Waals surface area contributed by atoms with Crippen molar-refractivity contribution in [2.24, 2.45) is 11.8 Å². The number of nitrogens with zero attached hydrogens (tertiary/aromatic N) is 1. The molecule has 2 rings (SSSR count). The Morgan fingerprint density at radius 2 is 2.17 bits per heavy atom. The third-order valence-corrected chi connectivity index (χ3v) is 4.75. The predicted molar refractivity (Wildman–Crippen MR) is 89.4 cm³/mol. The van der Waals surface area contributed by atoms with Crippen LogP contribution in [0.25, 0.3) is 0 Å². The van der Waals surface area contributed by atoms with E-state index in [-0.39, 0.29) is 18.5 Å². The van der Waals surface area contributed by atoms with Crippen LogP contribution in [0.5, 0.6) is 5.75 Å². The van der Waals surface area contributed by atoms with Gasteiger partial charge >= 0.3 is 12.0 Å². The highest BCUT2D eigenvalue weighted by Gasteiger charge is 2.31. The number of hydrogen-bond donors (Lipinski definition) is 2. The van der Waals surface area contributed by atoms with Crippen LogP contribution in [-0.4, -0.2) is 42.2 Å². The van der Waals surface area contributed by atoms with E-state index < -0.39 is 11.9 Å². The molecule has 2 N–H and O–H groups in total. The first-order chi connectivity index (χ1) is 10.9. The number of nitrogens with one attached hydrogen (secondary N) is 1. The number of ether oxygens (including phenoxy) is 1. The van der Waals surface area contributed by atoms with Crippen molar-refractivity contribution in [3.63, 3.8) is 0 Å². The molecule has 2 unspecified atom stereocenters. The van der Waals surface area contributed by atoms with Gasteiger partial charge in [-0.3, -0.25) is 4.79 Å². The second kappa shape index (κ2) is 7.68. The first-order valence-electron chi connectivity index (χ1n) is 7.48. The summed E-state index contributed by atoms with van der Waals surface area (Å²) in [5.74, 6) is -0.438. The lowest BCUT2D eigenvalue weighted by atomic mass is 9.91. The largest absolute Gasteiger partial charge is 0.497 e. The molecular weight excluding hydrogens is 364 g/mol. The van der Waals surface area contributed by atoms with E-state index in [1.165, 1.54) is 0 Å². The maximum absolute atomic E-state index is 12.3. The van der Waals surface area contributed by atoms with Crippen LogP contribution in [0.1, 0.15) is 18.9 Å². The highest BCUT2D eigenvalue weighted by atomic mass is 79.9.